The number of benzene rings is 1. The number of morpholine rings is 1. The summed E-state index contributed by atoms with van der Waals surface area (Å²) in [4.78, 5) is 24.7. The molecule has 0 aliphatic carbocycles. The minimum atomic E-state index is -1.06. The van der Waals surface area contributed by atoms with Gasteiger partial charge in [0.1, 0.15) is 6.04 Å². The zero-order valence-corrected chi connectivity index (χ0v) is 11.3. The summed E-state index contributed by atoms with van der Waals surface area (Å²) in [7, 11) is 0. The van der Waals surface area contributed by atoms with Crippen molar-refractivity contribution in [2.24, 2.45) is 5.73 Å². The molecule has 0 bridgehead atoms. The van der Waals surface area contributed by atoms with Gasteiger partial charge >= 0.3 is 5.97 Å². The Kier molecular flexibility index (Phi) is 4.36. The lowest BCUT2D eigenvalue weighted by Crippen LogP contribution is -2.50. The van der Waals surface area contributed by atoms with Crippen molar-refractivity contribution in [3.63, 3.8) is 0 Å². The number of aliphatic carboxylic acids is 1. The van der Waals surface area contributed by atoms with Crippen LogP contribution in [0.15, 0.2) is 24.3 Å². The molecule has 2 rings (SSSR count). The zero-order chi connectivity index (χ0) is 14.7. The van der Waals surface area contributed by atoms with Crippen molar-refractivity contribution in [2.45, 2.75) is 19.1 Å². The van der Waals surface area contributed by atoms with Crippen molar-refractivity contribution in [1.82, 2.24) is 4.90 Å². The molecule has 6 heteroatoms. The normalized spacial score (nSPS) is 20.5. The summed E-state index contributed by atoms with van der Waals surface area (Å²) >= 11 is 0. The third-order valence-corrected chi connectivity index (χ3v) is 3.36. The van der Waals surface area contributed by atoms with Crippen LogP contribution >= 0.6 is 0 Å². The van der Waals surface area contributed by atoms with E-state index in [9.17, 15) is 9.59 Å². The number of carbonyl (C=O) groups is 2. The van der Waals surface area contributed by atoms with Crippen molar-refractivity contribution >= 4 is 11.9 Å². The summed E-state index contributed by atoms with van der Waals surface area (Å²) in [6.45, 7) is 2.57. The fourth-order valence-electron chi connectivity index (χ4n) is 2.11. The average molecular weight is 278 g/mol. The molecule has 108 valence electrons. The Morgan fingerprint density at radius 1 is 1.40 bits per heavy atom. The standard InChI is InChI=1S/C14H18N2O4/c1-9-2-4-10(5-3-9)12(15)13(17)16-6-7-20-11(8-16)14(18)19/h2-5,11-12H,6-8,15H2,1H3,(H,18,19). The fourth-order valence-corrected chi connectivity index (χ4v) is 2.11. The molecule has 3 N–H and O–H groups in total. The van der Waals surface area contributed by atoms with Gasteiger partial charge in [0, 0.05) is 6.54 Å². The molecule has 0 saturated carbocycles. The van der Waals surface area contributed by atoms with Gasteiger partial charge in [-0.15, -0.1) is 0 Å². The lowest BCUT2D eigenvalue weighted by Gasteiger charge is -2.32. The molecule has 1 saturated heterocycles. The molecule has 1 amide bonds. The highest BCUT2D eigenvalue weighted by atomic mass is 16.5. The minimum absolute atomic E-state index is 0.0354. The molecule has 0 aromatic heterocycles. The number of ether oxygens (including phenoxy) is 1. The molecule has 1 aromatic rings. The number of nitrogens with two attached hydrogens (primary N) is 1. The SMILES string of the molecule is Cc1ccc(C(N)C(=O)N2CCOC(C(=O)O)C2)cc1. The molecule has 1 aliphatic rings. The van der Waals surface area contributed by atoms with E-state index in [2.05, 4.69) is 0 Å². The molecule has 20 heavy (non-hydrogen) atoms. The van der Waals surface area contributed by atoms with E-state index in [-0.39, 0.29) is 19.1 Å². The van der Waals surface area contributed by atoms with Crippen molar-refractivity contribution in [1.29, 1.82) is 0 Å². The van der Waals surface area contributed by atoms with Gasteiger partial charge in [0.25, 0.3) is 0 Å². The van der Waals surface area contributed by atoms with Gasteiger partial charge in [-0.1, -0.05) is 29.8 Å². The van der Waals surface area contributed by atoms with E-state index < -0.39 is 18.1 Å². The van der Waals surface area contributed by atoms with E-state index in [1.54, 1.807) is 0 Å². The molecule has 0 radical (unpaired) electrons. The van der Waals surface area contributed by atoms with Crippen molar-refractivity contribution in [2.75, 3.05) is 19.7 Å². The number of nitrogens with zero attached hydrogens (tertiary/aromatic N) is 1. The molecule has 1 heterocycles. The third kappa shape index (κ3) is 3.15. The van der Waals surface area contributed by atoms with Gasteiger partial charge in [-0.25, -0.2) is 4.79 Å². The van der Waals surface area contributed by atoms with Crippen LogP contribution in [0.2, 0.25) is 0 Å². The Labute approximate surface area is 117 Å². The van der Waals surface area contributed by atoms with Crippen LogP contribution < -0.4 is 5.73 Å². The highest BCUT2D eigenvalue weighted by Crippen LogP contribution is 2.16. The van der Waals surface area contributed by atoms with Crippen LogP contribution in [0.3, 0.4) is 0 Å². The summed E-state index contributed by atoms with van der Waals surface area (Å²) in [6, 6.07) is 6.63. The molecular weight excluding hydrogens is 260 g/mol. The molecule has 2 atom stereocenters. The van der Waals surface area contributed by atoms with Gasteiger partial charge in [-0.05, 0) is 12.5 Å². The third-order valence-electron chi connectivity index (χ3n) is 3.36. The predicted octanol–water partition coefficient (Wildman–Crippen LogP) is 0.307. The lowest BCUT2D eigenvalue weighted by molar-refractivity contribution is -0.159. The second kappa shape index (κ2) is 6.02. The Morgan fingerprint density at radius 2 is 2.05 bits per heavy atom. The van der Waals surface area contributed by atoms with Crippen molar-refractivity contribution < 1.29 is 19.4 Å². The summed E-state index contributed by atoms with van der Waals surface area (Å²) in [5, 5.41) is 8.93. The largest absolute Gasteiger partial charge is 0.479 e. The Balaban J connectivity index is 2.06. The molecule has 2 unspecified atom stereocenters. The zero-order valence-electron chi connectivity index (χ0n) is 11.3. The van der Waals surface area contributed by atoms with Gasteiger partial charge < -0.3 is 20.5 Å². The smallest absolute Gasteiger partial charge is 0.334 e. The van der Waals surface area contributed by atoms with E-state index in [0.717, 1.165) is 11.1 Å². The van der Waals surface area contributed by atoms with E-state index in [0.29, 0.717) is 6.54 Å². The topological polar surface area (TPSA) is 92.9 Å². The van der Waals surface area contributed by atoms with Gasteiger partial charge in [0.05, 0.1) is 13.2 Å². The summed E-state index contributed by atoms with van der Waals surface area (Å²) in [5.74, 6) is -1.34. The van der Waals surface area contributed by atoms with Crippen LogP contribution in [0.25, 0.3) is 0 Å². The van der Waals surface area contributed by atoms with Gasteiger partial charge in [0.15, 0.2) is 6.10 Å². The quantitative estimate of drug-likeness (QED) is 0.830. The molecular formula is C14H18N2O4. The van der Waals surface area contributed by atoms with Crippen LogP contribution in [0, 0.1) is 6.92 Å². The fraction of sp³-hybridized carbons (Fsp3) is 0.429. The Bertz CT molecular complexity index is 500. The van der Waals surface area contributed by atoms with Gasteiger partial charge in [0.2, 0.25) is 5.91 Å². The van der Waals surface area contributed by atoms with E-state index in [1.807, 2.05) is 31.2 Å². The Morgan fingerprint density at radius 3 is 2.65 bits per heavy atom. The number of carboxylic acid groups (broad SMARTS) is 1. The van der Waals surface area contributed by atoms with Crippen LogP contribution in [-0.4, -0.2) is 47.7 Å². The molecule has 0 spiro atoms. The summed E-state index contributed by atoms with van der Waals surface area (Å²) in [6.07, 6.45) is -0.974. The molecule has 1 fully saturated rings. The number of aryl methyl sites for hydroxylation is 1. The van der Waals surface area contributed by atoms with Crippen LogP contribution in [0.1, 0.15) is 17.2 Å². The van der Waals surface area contributed by atoms with Crippen LogP contribution in [0.4, 0.5) is 0 Å². The highest BCUT2D eigenvalue weighted by Gasteiger charge is 2.31. The van der Waals surface area contributed by atoms with E-state index >= 15 is 0 Å². The maximum absolute atomic E-state index is 12.3. The maximum atomic E-state index is 12.3. The number of amides is 1. The van der Waals surface area contributed by atoms with Crippen molar-refractivity contribution in [3.8, 4) is 0 Å². The first-order valence-corrected chi connectivity index (χ1v) is 6.44. The first-order valence-electron chi connectivity index (χ1n) is 6.44. The maximum Gasteiger partial charge on any atom is 0.334 e. The monoisotopic (exact) mass is 278 g/mol. The number of hydrogen-bond donors (Lipinski definition) is 2. The average Bonchev–Trinajstić information content (AvgIpc) is 2.46. The molecule has 1 aromatic carbocycles. The second-order valence-corrected chi connectivity index (χ2v) is 4.87. The lowest BCUT2D eigenvalue weighted by atomic mass is 10.0. The van der Waals surface area contributed by atoms with Crippen LogP contribution in [0.5, 0.6) is 0 Å². The van der Waals surface area contributed by atoms with Crippen molar-refractivity contribution in [3.05, 3.63) is 35.4 Å². The number of carbonyl (C=O) groups excluding carboxylic acids is 1. The highest BCUT2D eigenvalue weighted by molar-refractivity contribution is 5.84. The number of carboxylic acids is 1. The number of rotatable bonds is 3. The van der Waals surface area contributed by atoms with Gasteiger partial charge in [-0.3, -0.25) is 4.79 Å². The van der Waals surface area contributed by atoms with Crippen LogP contribution in [-0.2, 0) is 14.3 Å². The summed E-state index contributed by atoms with van der Waals surface area (Å²) < 4.78 is 5.09. The molecule has 1 aliphatic heterocycles. The summed E-state index contributed by atoms with van der Waals surface area (Å²) in [5.41, 5.74) is 7.77. The minimum Gasteiger partial charge on any atom is -0.479 e. The van der Waals surface area contributed by atoms with E-state index in [4.69, 9.17) is 15.6 Å². The van der Waals surface area contributed by atoms with E-state index in [1.165, 1.54) is 4.90 Å². The first kappa shape index (κ1) is 14.5. The number of hydrogen-bond acceptors (Lipinski definition) is 4. The predicted molar refractivity (Wildman–Crippen MR) is 72.1 cm³/mol. The molecule has 6 nitrogen and oxygen atoms in total. The Hall–Kier alpha value is -1.92. The first-order chi connectivity index (χ1) is 9.49. The second-order valence-electron chi connectivity index (χ2n) is 4.87. The van der Waals surface area contributed by atoms with Gasteiger partial charge in [-0.2, -0.15) is 0 Å².